The second kappa shape index (κ2) is 4.12. The third-order valence-corrected chi connectivity index (χ3v) is 1.57. The molecule has 0 saturated heterocycles. The molecule has 1 aromatic rings. The minimum atomic E-state index is -0.373. The summed E-state index contributed by atoms with van der Waals surface area (Å²) in [6.07, 6.45) is 0. The van der Waals surface area contributed by atoms with Crippen LogP contribution in [0.15, 0.2) is 24.3 Å². The van der Waals surface area contributed by atoms with Gasteiger partial charge < -0.3 is 4.74 Å². The van der Waals surface area contributed by atoms with Crippen LogP contribution in [0.4, 0.5) is 0 Å². The molecule has 0 aliphatic rings. The molecule has 0 atom stereocenters. The molecule has 0 fully saturated rings. The van der Waals surface area contributed by atoms with Crippen molar-refractivity contribution in [1.82, 2.24) is 0 Å². The van der Waals surface area contributed by atoms with Crippen LogP contribution in [0.3, 0.4) is 0 Å². The Morgan fingerprint density at radius 3 is 2.50 bits per heavy atom. The molecular weight excluding hydrogens is 176 g/mol. The molecule has 0 heterocycles. The molecule has 1 radical (unpaired) electrons. The molecular formula is C9H8ClO2. The van der Waals surface area contributed by atoms with Gasteiger partial charge in [0, 0.05) is 5.02 Å². The average molecular weight is 184 g/mol. The number of carbonyl (C=O) groups excluding carboxylic acids is 1. The van der Waals surface area contributed by atoms with Crippen LogP contribution in [-0.2, 0) is 4.74 Å². The first-order valence-electron chi connectivity index (χ1n) is 3.46. The Morgan fingerprint density at radius 2 is 2.00 bits per heavy atom. The summed E-state index contributed by atoms with van der Waals surface area (Å²) in [5.74, 6) is -0.373. The Morgan fingerprint density at radius 1 is 1.42 bits per heavy atom. The zero-order valence-electron chi connectivity index (χ0n) is 6.42. The van der Waals surface area contributed by atoms with Gasteiger partial charge in [-0.25, -0.2) is 4.79 Å². The first-order chi connectivity index (χ1) is 5.74. The topological polar surface area (TPSA) is 26.3 Å². The summed E-state index contributed by atoms with van der Waals surface area (Å²) >= 11 is 5.63. The van der Waals surface area contributed by atoms with E-state index in [0.717, 1.165) is 0 Å². The van der Waals surface area contributed by atoms with Crippen molar-refractivity contribution in [2.75, 3.05) is 6.61 Å². The summed E-state index contributed by atoms with van der Waals surface area (Å²) in [5, 5.41) is 0.598. The number of rotatable bonds is 2. The highest BCUT2D eigenvalue weighted by Crippen LogP contribution is 2.10. The van der Waals surface area contributed by atoms with Crippen LogP contribution in [0.2, 0.25) is 5.02 Å². The van der Waals surface area contributed by atoms with Crippen molar-refractivity contribution in [2.45, 2.75) is 0 Å². The predicted octanol–water partition coefficient (Wildman–Crippen LogP) is 2.33. The maximum Gasteiger partial charge on any atom is 0.338 e. The van der Waals surface area contributed by atoms with Gasteiger partial charge in [0.15, 0.2) is 0 Å². The molecule has 0 amide bonds. The Balaban J connectivity index is 2.75. The van der Waals surface area contributed by atoms with Crippen molar-refractivity contribution in [3.63, 3.8) is 0 Å². The van der Waals surface area contributed by atoms with Gasteiger partial charge in [-0.2, -0.15) is 0 Å². The van der Waals surface area contributed by atoms with E-state index in [9.17, 15) is 4.79 Å². The third kappa shape index (κ3) is 2.24. The van der Waals surface area contributed by atoms with Gasteiger partial charge in [-0.3, -0.25) is 0 Å². The Labute approximate surface area is 76.1 Å². The smallest absolute Gasteiger partial charge is 0.338 e. The molecule has 0 aliphatic heterocycles. The maximum absolute atomic E-state index is 11.1. The van der Waals surface area contributed by atoms with Crippen molar-refractivity contribution in [3.8, 4) is 0 Å². The Hall–Kier alpha value is -1.02. The zero-order chi connectivity index (χ0) is 8.97. The fraction of sp³-hybridized carbons (Fsp3) is 0.111. The summed E-state index contributed by atoms with van der Waals surface area (Å²) in [5.41, 5.74) is 0.489. The van der Waals surface area contributed by atoms with Crippen LogP contribution < -0.4 is 0 Å². The molecule has 0 N–H and O–H groups in total. The van der Waals surface area contributed by atoms with Crippen LogP contribution >= 0.6 is 11.6 Å². The van der Waals surface area contributed by atoms with E-state index in [1.165, 1.54) is 0 Å². The number of esters is 1. The van der Waals surface area contributed by atoms with Gasteiger partial charge in [-0.1, -0.05) is 11.6 Å². The summed E-state index contributed by atoms with van der Waals surface area (Å²) in [6, 6.07) is 6.50. The lowest BCUT2D eigenvalue weighted by molar-refractivity contribution is 0.0547. The highest BCUT2D eigenvalue weighted by Gasteiger charge is 2.04. The van der Waals surface area contributed by atoms with E-state index in [2.05, 4.69) is 11.7 Å². The van der Waals surface area contributed by atoms with Gasteiger partial charge in [0.2, 0.25) is 0 Å². The van der Waals surface area contributed by atoms with Gasteiger partial charge in [0.05, 0.1) is 12.2 Å². The monoisotopic (exact) mass is 183 g/mol. The molecule has 0 bridgehead atoms. The molecule has 1 rings (SSSR count). The molecule has 3 heteroatoms. The summed E-state index contributed by atoms with van der Waals surface area (Å²) in [7, 11) is 0. The van der Waals surface area contributed by atoms with Crippen LogP contribution in [0.25, 0.3) is 0 Å². The number of halogens is 1. The van der Waals surface area contributed by atoms with Gasteiger partial charge in [0.25, 0.3) is 0 Å². The molecule has 0 unspecified atom stereocenters. The van der Waals surface area contributed by atoms with Crippen LogP contribution in [0, 0.1) is 6.92 Å². The van der Waals surface area contributed by atoms with Crippen molar-refractivity contribution < 1.29 is 9.53 Å². The molecule has 0 aliphatic carbocycles. The number of ether oxygens (including phenoxy) is 1. The first kappa shape index (κ1) is 9.07. The van der Waals surface area contributed by atoms with Gasteiger partial charge >= 0.3 is 5.97 Å². The van der Waals surface area contributed by atoms with E-state index in [-0.39, 0.29) is 12.6 Å². The molecule has 63 valence electrons. The van der Waals surface area contributed by atoms with E-state index in [4.69, 9.17) is 11.6 Å². The molecule has 0 saturated carbocycles. The lowest BCUT2D eigenvalue weighted by Crippen LogP contribution is -2.03. The lowest BCUT2D eigenvalue weighted by Gasteiger charge is -2.00. The normalized spacial score (nSPS) is 9.50. The molecule has 1 aromatic carbocycles. The molecule has 2 nitrogen and oxygen atoms in total. The van der Waals surface area contributed by atoms with Crippen molar-refractivity contribution >= 4 is 17.6 Å². The average Bonchev–Trinajstić information content (AvgIpc) is 2.06. The van der Waals surface area contributed by atoms with E-state index in [1.54, 1.807) is 24.3 Å². The van der Waals surface area contributed by atoms with E-state index in [0.29, 0.717) is 10.6 Å². The van der Waals surface area contributed by atoms with Gasteiger partial charge in [-0.05, 0) is 31.2 Å². The minimum absolute atomic E-state index is 0.140. The van der Waals surface area contributed by atoms with Crippen molar-refractivity contribution in [3.05, 3.63) is 41.8 Å². The SMILES string of the molecule is [CH2]COC(=O)c1ccc(Cl)cc1. The van der Waals surface area contributed by atoms with E-state index >= 15 is 0 Å². The van der Waals surface area contributed by atoms with E-state index < -0.39 is 0 Å². The predicted molar refractivity (Wildman–Crippen MR) is 47.1 cm³/mol. The summed E-state index contributed by atoms with van der Waals surface area (Å²) in [6.45, 7) is 3.54. The quantitative estimate of drug-likeness (QED) is 0.658. The summed E-state index contributed by atoms with van der Waals surface area (Å²) < 4.78 is 4.67. The second-order valence-electron chi connectivity index (χ2n) is 2.14. The van der Waals surface area contributed by atoms with Crippen molar-refractivity contribution in [2.24, 2.45) is 0 Å². The van der Waals surface area contributed by atoms with Crippen LogP contribution in [-0.4, -0.2) is 12.6 Å². The zero-order valence-corrected chi connectivity index (χ0v) is 7.17. The standard InChI is InChI=1S/C9H8ClO2/c1-2-12-9(11)7-3-5-8(10)6-4-7/h3-6H,1-2H2. The number of hydrogen-bond donors (Lipinski definition) is 0. The van der Waals surface area contributed by atoms with E-state index in [1.807, 2.05) is 0 Å². The summed E-state index contributed by atoms with van der Waals surface area (Å²) in [4.78, 5) is 11.1. The molecule has 12 heavy (non-hydrogen) atoms. The van der Waals surface area contributed by atoms with Gasteiger partial charge in [-0.15, -0.1) is 0 Å². The number of benzene rings is 1. The first-order valence-corrected chi connectivity index (χ1v) is 3.84. The highest BCUT2D eigenvalue weighted by molar-refractivity contribution is 6.30. The second-order valence-corrected chi connectivity index (χ2v) is 2.58. The number of hydrogen-bond acceptors (Lipinski definition) is 2. The lowest BCUT2D eigenvalue weighted by atomic mass is 10.2. The third-order valence-electron chi connectivity index (χ3n) is 1.31. The largest absolute Gasteiger partial charge is 0.462 e. The molecule has 0 aromatic heterocycles. The van der Waals surface area contributed by atoms with Gasteiger partial charge in [0.1, 0.15) is 0 Å². The maximum atomic E-state index is 11.1. The fourth-order valence-corrected chi connectivity index (χ4v) is 0.888. The fourth-order valence-electron chi connectivity index (χ4n) is 0.762. The Kier molecular flexibility index (Phi) is 3.11. The van der Waals surface area contributed by atoms with Crippen LogP contribution in [0.5, 0.6) is 0 Å². The number of carbonyl (C=O) groups is 1. The Bertz CT molecular complexity index is 266. The minimum Gasteiger partial charge on any atom is -0.462 e. The van der Waals surface area contributed by atoms with Crippen LogP contribution in [0.1, 0.15) is 10.4 Å². The van der Waals surface area contributed by atoms with Crippen molar-refractivity contribution in [1.29, 1.82) is 0 Å². The highest BCUT2D eigenvalue weighted by atomic mass is 35.5. The molecule has 0 spiro atoms.